The highest BCUT2D eigenvalue weighted by Crippen LogP contribution is 2.26. The van der Waals surface area contributed by atoms with Gasteiger partial charge >= 0.3 is 5.97 Å². The molecule has 0 unspecified atom stereocenters. The van der Waals surface area contributed by atoms with E-state index in [0.717, 1.165) is 0 Å². The monoisotopic (exact) mass is 380 g/mol. The summed E-state index contributed by atoms with van der Waals surface area (Å²) in [6.45, 7) is 0.450. The summed E-state index contributed by atoms with van der Waals surface area (Å²) in [6, 6.07) is 7.90. The first-order chi connectivity index (χ1) is 11.9. The lowest BCUT2D eigenvalue weighted by Crippen LogP contribution is -2.25. The topological polar surface area (TPSA) is 92.8 Å². The number of nitrogens with zero attached hydrogens (tertiary/aromatic N) is 1. The van der Waals surface area contributed by atoms with Gasteiger partial charge in [0, 0.05) is 12.1 Å². The Morgan fingerprint density at radius 2 is 1.92 bits per heavy atom. The Kier molecular flexibility index (Phi) is 4.78. The van der Waals surface area contributed by atoms with Crippen molar-refractivity contribution in [2.24, 2.45) is 0 Å². The molecule has 0 aliphatic carbocycles. The SMILES string of the molecule is COC(=O)c1ccsc1NC(=O)c1ccc(N2CCCS2(=O)=O)cc1. The Morgan fingerprint density at radius 1 is 1.20 bits per heavy atom. The molecule has 0 bridgehead atoms. The van der Waals surface area contributed by atoms with Crippen LogP contribution in [-0.2, 0) is 14.8 Å². The van der Waals surface area contributed by atoms with Gasteiger partial charge in [-0.05, 0) is 42.1 Å². The maximum Gasteiger partial charge on any atom is 0.340 e. The molecule has 0 atom stereocenters. The van der Waals surface area contributed by atoms with Gasteiger partial charge in [-0.15, -0.1) is 11.3 Å². The molecule has 9 heteroatoms. The van der Waals surface area contributed by atoms with E-state index in [2.05, 4.69) is 10.1 Å². The second kappa shape index (κ2) is 6.85. The van der Waals surface area contributed by atoms with E-state index in [-0.39, 0.29) is 11.7 Å². The number of hydrogen-bond donors (Lipinski definition) is 1. The van der Waals surface area contributed by atoms with E-state index in [1.807, 2.05) is 0 Å². The van der Waals surface area contributed by atoms with Crippen molar-refractivity contribution in [2.75, 3.05) is 29.0 Å². The third-order valence-corrected chi connectivity index (χ3v) is 6.51. The summed E-state index contributed by atoms with van der Waals surface area (Å²) in [7, 11) is -1.97. The molecule has 3 rings (SSSR count). The maximum atomic E-state index is 12.3. The van der Waals surface area contributed by atoms with Crippen molar-refractivity contribution < 1.29 is 22.7 Å². The lowest BCUT2D eigenvalue weighted by molar-refractivity contribution is 0.0602. The number of sulfonamides is 1. The van der Waals surface area contributed by atoms with Crippen molar-refractivity contribution in [3.63, 3.8) is 0 Å². The molecule has 1 amide bonds. The van der Waals surface area contributed by atoms with E-state index in [0.29, 0.717) is 34.8 Å². The molecule has 25 heavy (non-hydrogen) atoms. The third kappa shape index (κ3) is 3.52. The molecule has 1 N–H and O–H groups in total. The highest BCUT2D eigenvalue weighted by molar-refractivity contribution is 7.93. The van der Waals surface area contributed by atoms with Crippen LogP contribution in [-0.4, -0.2) is 39.7 Å². The summed E-state index contributed by atoms with van der Waals surface area (Å²) in [5, 5.41) is 4.76. The van der Waals surface area contributed by atoms with Crippen LogP contribution in [0.1, 0.15) is 27.1 Å². The predicted octanol–water partition coefficient (Wildman–Crippen LogP) is 2.33. The van der Waals surface area contributed by atoms with E-state index in [1.165, 1.54) is 22.8 Å². The Hall–Kier alpha value is -2.39. The number of thiophene rings is 1. The summed E-state index contributed by atoms with van der Waals surface area (Å²) >= 11 is 1.22. The van der Waals surface area contributed by atoms with Crippen molar-refractivity contribution >= 4 is 43.9 Å². The van der Waals surface area contributed by atoms with E-state index >= 15 is 0 Å². The first-order valence-corrected chi connectivity index (χ1v) is 9.99. The molecule has 0 saturated carbocycles. The normalized spacial score (nSPS) is 15.8. The molecule has 1 aliphatic heterocycles. The van der Waals surface area contributed by atoms with E-state index in [4.69, 9.17) is 0 Å². The fourth-order valence-corrected chi connectivity index (χ4v) is 4.90. The van der Waals surface area contributed by atoms with Gasteiger partial charge in [0.1, 0.15) is 5.00 Å². The minimum Gasteiger partial charge on any atom is -0.465 e. The van der Waals surface area contributed by atoms with Crippen molar-refractivity contribution in [3.8, 4) is 0 Å². The Labute approximate surface area is 149 Å². The molecule has 1 aromatic heterocycles. The van der Waals surface area contributed by atoms with Crippen LogP contribution in [0.4, 0.5) is 10.7 Å². The van der Waals surface area contributed by atoms with Crippen molar-refractivity contribution in [2.45, 2.75) is 6.42 Å². The second-order valence-electron chi connectivity index (χ2n) is 5.40. The molecule has 1 aliphatic rings. The summed E-state index contributed by atoms with van der Waals surface area (Å²) in [5.74, 6) is -0.765. The number of nitrogens with one attached hydrogen (secondary N) is 1. The Balaban J connectivity index is 1.76. The number of hydrogen-bond acceptors (Lipinski definition) is 6. The van der Waals surface area contributed by atoms with Gasteiger partial charge in [0.15, 0.2) is 0 Å². The van der Waals surface area contributed by atoms with Crippen LogP contribution in [0.3, 0.4) is 0 Å². The fourth-order valence-electron chi connectivity index (χ4n) is 2.56. The molecular weight excluding hydrogens is 364 g/mol. The van der Waals surface area contributed by atoms with Crippen LogP contribution in [0.5, 0.6) is 0 Å². The number of carbonyl (C=O) groups excluding carboxylic acids is 2. The van der Waals surface area contributed by atoms with Crippen molar-refractivity contribution in [1.82, 2.24) is 0 Å². The lowest BCUT2D eigenvalue weighted by atomic mass is 10.2. The molecule has 1 saturated heterocycles. The largest absolute Gasteiger partial charge is 0.465 e. The molecule has 7 nitrogen and oxygen atoms in total. The molecular formula is C16H16N2O5S2. The van der Waals surface area contributed by atoms with Crippen LogP contribution in [0.2, 0.25) is 0 Å². The number of benzene rings is 1. The minimum atomic E-state index is -3.25. The summed E-state index contributed by atoms with van der Waals surface area (Å²) in [5.41, 5.74) is 1.20. The third-order valence-electron chi connectivity index (χ3n) is 3.81. The van der Waals surface area contributed by atoms with Gasteiger partial charge in [-0.3, -0.25) is 9.10 Å². The zero-order valence-electron chi connectivity index (χ0n) is 13.4. The van der Waals surface area contributed by atoms with Crippen LogP contribution in [0.15, 0.2) is 35.7 Å². The number of ether oxygens (including phenoxy) is 1. The van der Waals surface area contributed by atoms with E-state index in [1.54, 1.807) is 35.7 Å². The molecule has 0 radical (unpaired) electrons. The highest BCUT2D eigenvalue weighted by Gasteiger charge is 2.28. The molecule has 1 aromatic carbocycles. The predicted molar refractivity (Wildman–Crippen MR) is 95.8 cm³/mol. The number of carbonyl (C=O) groups is 2. The van der Waals surface area contributed by atoms with Crippen molar-refractivity contribution in [1.29, 1.82) is 0 Å². The van der Waals surface area contributed by atoms with Gasteiger partial charge in [-0.2, -0.15) is 0 Å². The van der Waals surface area contributed by atoms with Crippen LogP contribution < -0.4 is 9.62 Å². The first kappa shape index (κ1) is 17.4. The van der Waals surface area contributed by atoms with Crippen LogP contribution in [0, 0.1) is 0 Å². The highest BCUT2D eigenvalue weighted by atomic mass is 32.2. The Morgan fingerprint density at radius 3 is 2.52 bits per heavy atom. The molecule has 132 valence electrons. The molecule has 1 fully saturated rings. The number of anilines is 2. The van der Waals surface area contributed by atoms with Gasteiger partial charge in [0.2, 0.25) is 10.0 Å². The average molecular weight is 380 g/mol. The number of amides is 1. The lowest BCUT2D eigenvalue weighted by Gasteiger charge is -2.17. The van der Waals surface area contributed by atoms with Crippen molar-refractivity contribution in [3.05, 3.63) is 46.8 Å². The summed E-state index contributed by atoms with van der Waals surface area (Å²) in [6.07, 6.45) is 0.596. The average Bonchev–Trinajstić information content (AvgIpc) is 3.20. The van der Waals surface area contributed by atoms with Crippen LogP contribution >= 0.6 is 11.3 Å². The first-order valence-electron chi connectivity index (χ1n) is 7.50. The minimum absolute atomic E-state index is 0.143. The summed E-state index contributed by atoms with van der Waals surface area (Å²) in [4.78, 5) is 24.0. The summed E-state index contributed by atoms with van der Waals surface area (Å²) < 4.78 is 29.9. The fraction of sp³-hybridized carbons (Fsp3) is 0.250. The molecule has 0 spiro atoms. The number of methoxy groups -OCH3 is 1. The zero-order valence-corrected chi connectivity index (χ0v) is 15.0. The standard InChI is InChI=1S/C16H16N2O5S2/c1-23-16(20)13-7-9-24-15(13)17-14(19)11-3-5-12(6-4-11)18-8-2-10-25(18,21)22/h3-7,9H,2,8,10H2,1H3,(H,17,19). The van der Waals surface area contributed by atoms with Gasteiger partial charge in [0.05, 0.1) is 24.1 Å². The number of rotatable bonds is 4. The van der Waals surface area contributed by atoms with Gasteiger partial charge in [-0.1, -0.05) is 0 Å². The van der Waals surface area contributed by atoms with Gasteiger partial charge in [-0.25, -0.2) is 13.2 Å². The smallest absolute Gasteiger partial charge is 0.340 e. The second-order valence-corrected chi connectivity index (χ2v) is 8.33. The maximum absolute atomic E-state index is 12.3. The Bertz CT molecular complexity index is 903. The molecule has 2 aromatic rings. The number of esters is 1. The van der Waals surface area contributed by atoms with Crippen LogP contribution in [0.25, 0.3) is 0 Å². The molecule has 2 heterocycles. The van der Waals surface area contributed by atoms with Gasteiger partial charge < -0.3 is 10.1 Å². The van der Waals surface area contributed by atoms with E-state index in [9.17, 15) is 18.0 Å². The zero-order chi connectivity index (χ0) is 18.0. The quantitative estimate of drug-likeness (QED) is 0.822. The van der Waals surface area contributed by atoms with Gasteiger partial charge in [0.25, 0.3) is 5.91 Å². The van der Waals surface area contributed by atoms with E-state index < -0.39 is 16.0 Å².